The van der Waals surface area contributed by atoms with Crippen molar-refractivity contribution in [3.63, 3.8) is 0 Å². The number of carbonyl (C=O) groups excluding carboxylic acids is 1. The van der Waals surface area contributed by atoms with Gasteiger partial charge in [-0.3, -0.25) is 9.10 Å². The first kappa shape index (κ1) is 17.8. The maximum absolute atomic E-state index is 12.0. The van der Waals surface area contributed by atoms with Gasteiger partial charge in [-0.25, -0.2) is 8.42 Å². The number of benzene rings is 1. The van der Waals surface area contributed by atoms with E-state index in [1.165, 1.54) is 0 Å². The third-order valence-corrected chi connectivity index (χ3v) is 4.18. The summed E-state index contributed by atoms with van der Waals surface area (Å²) in [6.07, 6.45) is 1.08. The number of rotatable bonds is 6. The standard InChI is InChI=1S/C14H21ClN2O3S/c1-10(2)8-16-14(18)9-17(21(4,19)20)13-6-5-12(15)7-11(13)3/h5-7,10H,8-9H2,1-4H3,(H,16,18). The van der Waals surface area contributed by atoms with Gasteiger partial charge < -0.3 is 5.32 Å². The summed E-state index contributed by atoms with van der Waals surface area (Å²) < 4.78 is 25.0. The normalized spacial score (nSPS) is 11.5. The van der Waals surface area contributed by atoms with Crippen LogP contribution < -0.4 is 9.62 Å². The van der Waals surface area contributed by atoms with Gasteiger partial charge in [0.1, 0.15) is 6.54 Å². The Labute approximate surface area is 131 Å². The average Bonchev–Trinajstić information content (AvgIpc) is 2.33. The van der Waals surface area contributed by atoms with Crippen LogP contribution >= 0.6 is 11.6 Å². The maximum Gasteiger partial charge on any atom is 0.240 e. The van der Waals surface area contributed by atoms with Crippen LogP contribution in [-0.4, -0.2) is 33.7 Å². The first-order valence-corrected chi connectivity index (χ1v) is 8.84. The Kier molecular flexibility index (Phi) is 6.04. The first-order chi connectivity index (χ1) is 9.61. The Morgan fingerprint density at radius 1 is 1.38 bits per heavy atom. The third-order valence-electron chi connectivity index (χ3n) is 2.82. The number of nitrogens with one attached hydrogen (secondary N) is 1. The van der Waals surface area contributed by atoms with Gasteiger partial charge in [0.15, 0.2) is 0 Å². The number of hydrogen-bond acceptors (Lipinski definition) is 3. The number of carbonyl (C=O) groups is 1. The third kappa shape index (κ3) is 5.55. The Bertz CT molecular complexity index is 615. The van der Waals surface area contributed by atoms with Gasteiger partial charge in [-0.05, 0) is 36.6 Å². The lowest BCUT2D eigenvalue weighted by Crippen LogP contribution is -2.41. The molecule has 0 unspecified atom stereocenters. The van der Waals surface area contributed by atoms with Gasteiger partial charge in [0.25, 0.3) is 0 Å². The van der Waals surface area contributed by atoms with E-state index in [1.54, 1.807) is 25.1 Å². The van der Waals surface area contributed by atoms with Crippen molar-refractivity contribution in [2.45, 2.75) is 20.8 Å². The van der Waals surface area contributed by atoms with Crippen LogP contribution in [0.3, 0.4) is 0 Å². The fourth-order valence-electron chi connectivity index (χ4n) is 1.78. The molecule has 0 atom stereocenters. The Morgan fingerprint density at radius 3 is 2.48 bits per heavy atom. The van der Waals surface area contributed by atoms with Gasteiger partial charge in [0, 0.05) is 11.6 Å². The van der Waals surface area contributed by atoms with Gasteiger partial charge in [0.2, 0.25) is 15.9 Å². The highest BCUT2D eigenvalue weighted by Crippen LogP contribution is 2.25. The number of aryl methyl sites for hydroxylation is 1. The van der Waals surface area contributed by atoms with Crippen molar-refractivity contribution in [2.75, 3.05) is 23.7 Å². The highest BCUT2D eigenvalue weighted by atomic mass is 35.5. The van der Waals surface area contributed by atoms with Crippen LogP contribution in [0.5, 0.6) is 0 Å². The number of halogens is 1. The van der Waals surface area contributed by atoms with Crippen molar-refractivity contribution in [1.29, 1.82) is 0 Å². The molecule has 1 N–H and O–H groups in total. The molecule has 0 aliphatic carbocycles. The molecule has 0 aliphatic rings. The molecule has 0 bridgehead atoms. The van der Waals surface area contributed by atoms with Gasteiger partial charge in [-0.15, -0.1) is 0 Å². The van der Waals surface area contributed by atoms with Crippen molar-refractivity contribution in [1.82, 2.24) is 5.32 Å². The van der Waals surface area contributed by atoms with E-state index < -0.39 is 10.0 Å². The highest BCUT2D eigenvalue weighted by molar-refractivity contribution is 7.92. The molecule has 118 valence electrons. The van der Waals surface area contributed by atoms with Crippen LogP contribution in [-0.2, 0) is 14.8 Å². The molecule has 1 rings (SSSR count). The van der Waals surface area contributed by atoms with E-state index in [1.807, 2.05) is 13.8 Å². The number of sulfonamides is 1. The first-order valence-electron chi connectivity index (χ1n) is 6.62. The Hall–Kier alpha value is -1.27. The molecule has 1 amide bonds. The highest BCUT2D eigenvalue weighted by Gasteiger charge is 2.22. The van der Waals surface area contributed by atoms with Crippen molar-refractivity contribution in [3.8, 4) is 0 Å². The zero-order valence-corrected chi connectivity index (χ0v) is 14.3. The Balaban J connectivity index is 3.00. The lowest BCUT2D eigenvalue weighted by Gasteiger charge is -2.24. The molecule has 0 aliphatic heterocycles. The van der Waals surface area contributed by atoms with Gasteiger partial charge in [-0.1, -0.05) is 25.4 Å². The molecule has 0 radical (unpaired) electrons. The summed E-state index contributed by atoms with van der Waals surface area (Å²) in [7, 11) is -3.56. The van der Waals surface area contributed by atoms with Crippen molar-refractivity contribution in [3.05, 3.63) is 28.8 Å². The second-order valence-electron chi connectivity index (χ2n) is 5.40. The number of amides is 1. The quantitative estimate of drug-likeness (QED) is 0.868. The smallest absolute Gasteiger partial charge is 0.240 e. The predicted octanol–water partition coefficient (Wildman–Crippen LogP) is 2.19. The van der Waals surface area contributed by atoms with Crippen molar-refractivity contribution < 1.29 is 13.2 Å². The van der Waals surface area contributed by atoms with E-state index in [2.05, 4.69) is 5.32 Å². The van der Waals surface area contributed by atoms with E-state index in [-0.39, 0.29) is 12.5 Å². The van der Waals surface area contributed by atoms with Crippen molar-refractivity contribution >= 4 is 33.2 Å². The lowest BCUT2D eigenvalue weighted by atomic mass is 10.2. The van der Waals surface area contributed by atoms with Crippen LogP contribution in [0.4, 0.5) is 5.69 Å². The summed E-state index contributed by atoms with van der Waals surface area (Å²) >= 11 is 5.88. The molecular formula is C14H21ClN2O3S. The predicted molar refractivity (Wildman–Crippen MR) is 86.2 cm³/mol. The summed E-state index contributed by atoms with van der Waals surface area (Å²) in [5.41, 5.74) is 1.16. The number of nitrogens with zero attached hydrogens (tertiary/aromatic N) is 1. The fourth-order valence-corrected chi connectivity index (χ4v) is 2.92. The molecule has 0 fully saturated rings. The molecule has 0 aromatic heterocycles. The second kappa shape index (κ2) is 7.13. The summed E-state index contributed by atoms with van der Waals surface area (Å²) in [6, 6.07) is 4.88. The van der Waals surface area contributed by atoms with Crippen LogP contribution in [0.2, 0.25) is 5.02 Å². The summed E-state index contributed by atoms with van der Waals surface area (Å²) in [6.45, 7) is 5.96. The largest absolute Gasteiger partial charge is 0.354 e. The summed E-state index contributed by atoms with van der Waals surface area (Å²) in [5, 5.41) is 3.24. The van der Waals surface area contributed by atoms with E-state index >= 15 is 0 Å². The maximum atomic E-state index is 12.0. The molecular weight excluding hydrogens is 312 g/mol. The Morgan fingerprint density at radius 2 is 2.00 bits per heavy atom. The molecule has 5 nitrogen and oxygen atoms in total. The molecule has 0 saturated heterocycles. The second-order valence-corrected chi connectivity index (χ2v) is 7.74. The van der Waals surface area contributed by atoms with Gasteiger partial charge >= 0.3 is 0 Å². The summed E-state index contributed by atoms with van der Waals surface area (Å²) in [5.74, 6) is -0.0265. The minimum Gasteiger partial charge on any atom is -0.354 e. The zero-order valence-electron chi connectivity index (χ0n) is 12.7. The minimum atomic E-state index is -3.56. The van der Waals surface area contributed by atoms with Crippen LogP contribution in [0.25, 0.3) is 0 Å². The van der Waals surface area contributed by atoms with Crippen LogP contribution in [0.15, 0.2) is 18.2 Å². The molecule has 0 spiro atoms. The van der Waals surface area contributed by atoms with E-state index in [9.17, 15) is 13.2 Å². The molecule has 1 aromatic carbocycles. The molecule has 7 heteroatoms. The average molecular weight is 333 g/mol. The zero-order chi connectivity index (χ0) is 16.2. The number of anilines is 1. The minimum absolute atomic E-state index is 0.242. The van der Waals surface area contributed by atoms with Crippen LogP contribution in [0.1, 0.15) is 19.4 Å². The molecule has 0 saturated carbocycles. The molecule has 1 aromatic rings. The van der Waals surface area contributed by atoms with Gasteiger partial charge in [0.05, 0.1) is 11.9 Å². The number of hydrogen-bond donors (Lipinski definition) is 1. The van der Waals surface area contributed by atoms with E-state index in [0.29, 0.717) is 28.7 Å². The SMILES string of the molecule is Cc1cc(Cl)ccc1N(CC(=O)NCC(C)C)S(C)(=O)=O. The topological polar surface area (TPSA) is 66.5 Å². The summed E-state index contributed by atoms with van der Waals surface area (Å²) in [4.78, 5) is 11.9. The fraction of sp³-hybridized carbons (Fsp3) is 0.500. The van der Waals surface area contributed by atoms with E-state index in [4.69, 9.17) is 11.6 Å². The molecule has 21 heavy (non-hydrogen) atoms. The van der Waals surface area contributed by atoms with Crippen molar-refractivity contribution in [2.24, 2.45) is 5.92 Å². The van der Waals surface area contributed by atoms with E-state index in [0.717, 1.165) is 10.6 Å². The molecule has 0 heterocycles. The lowest BCUT2D eigenvalue weighted by molar-refractivity contribution is -0.119. The van der Waals surface area contributed by atoms with Gasteiger partial charge in [-0.2, -0.15) is 0 Å². The van der Waals surface area contributed by atoms with Crippen LogP contribution in [0, 0.1) is 12.8 Å². The monoisotopic (exact) mass is 332 g/mol.